The summed E-state index contributed by atoms with van der Waals surface area (Å²) in [7, 11) is 2.14. The Morgan fingerprint density at radius 1 is 1.00 bits per heavy atom. The lowest BCUT2D eigenvalue weighted by Crippen LogP contribution is -2.30. The number of hydrogen-bond acceptors (Lipinski definition) is 0. The first-order valence-corrected chi connectivity index (χ1v) is 10.6. The third kappa shape index (κ3) is 4.22. The molecule has 0 amide bonds. The Labute approximate surface area is 170 Å². The first kappa shape index (κ1) is 20.4. The molecule has 0 unspecified atom stereocenters. The fraction of sp³-hybridized carbons (Fsp3) is 0.423. The van der Waals surface area contributed by atoms with Crippen LogP contribution >= 0.6 is 0 Å². The first-order valence-electron chi connectivity index (χ1n) is 10.6. The highest BCUT2D eigenvalue weighted by Crippen LogP contribution is 2.34. The largest absolute Gasteiger partial charge is 0.294 e. The van der Waals surface area contributed by atoms with Gasteiger partial charge < -0.3 is 0 Å². The molecule has 3 aromatic rings. The molecule has 0 aliphatic carbocycles. The van der Waals surface area contributed by atoms with Crippen molar-refractivity contribution in [3.8, 4) is 17.1 Å². The Morgan fingerprint density at radius 2 is 1.75 bits per heavy atom. The van der Waals surface area contributed by atoms with Crippen molar-refractivity contribution >= 4 is 0 Å². The lowest BCUT2D eigenvalue weighted by atomic mass is 9.82. The van der Waals surface area contributed by atoms with Gasteiger partial charge in [-0.05, 0) is 54.0 Å². The second-order valence-corrected chi connectivity index (χ2v) is 8.98. The van der Waals surface area contributed by atoms with Crippen LogP contribution in [0, 0.1) is 6.92 Å². The molecule has 0 saturated carbocycles. The van der Waals surface area contributed by atoms with Gasteiger partial charge >= 0.3 is 0 Å². The van der Waals surface area contributed by atoms with E-state index < -0.39 is 0 Å². The molecule has 0 atom stereocenters. The Hall–Kier alpha value is -2.35. The topological polar surface area (TPSA) is 8.81 Å². The van der Waals surface area contributed by atoms with Gasteiger partial charge in [0.05, 0.1) is 12.6 Å². The minimum atomic E-state index is 0.0872. The maximum atomic E-state index is 2.44. The summed E-state index contributed by atoms with van der Waals surface area (Å²) >= 11 is 0. The lowest BCUT2D eigenvalue weighted by molar-refractivity contribution is -0.659. The highest BCUT2D eigenvalue weighted by atomic mass is 15.1. The highest BCUT2D eigenvalue weighted by Gasteiger charge is 2.27. The average molecular weight is 376 g/mol. The molecule has 2 heteroatoms. The van der Waals surface area contributed by atoms with E-state index in [1.165, 1.54) is 59.4 Å². The van der Waals surface area contributed by atoms with Crippen LogP contribution in [0.25, 0.3) is 17.1 Å². The predicted octanol–water partition coefficient (Wildman–Crippen LogP) is 6.31. The van der Waals surface area contributed by atoms with Gasteiger partial charge in [-0.3, -0.25) is 0 Å². The van der Waals surface area contributed by atoms with E-state index >= 15 is 0 Å². The number of aromatic nitrogens is 2. The van der Waals surface area contributed by atoms with Gasteiger partial charge in [-0.2, -0.15) is 4.57 Å². The number of hydrogen-bond donors (Lipinski definition) is 0. The Bertz CT molecular complexity index is 941. The number of imidazole rings is 1. The molecule has 3 rings (SSSR count). The van der Waals surface area contributed by atoms with Crippen molar-refractivity contribution in [3.05, 3.63) is 71.5 Å². The van der Waals surface area contributed by atoms with E-state index in [-0.39, 0.29) is 5.41 Å². The van der Waals surface area contributed by atoms with E-state index in [9.17, 15) is 0 Å². The van der Waals surface area contributed by atoms with E-state index in [0.717, 1.165) is 0 Å². The third-order valence-electron chi connectivity index (χ3n) is 5.58. The van der Waals surface area contributed by atoms with Gasteiger partial charge in [0.2, 0.25) is 0 Å². The molecule has 1 aromatic heterocycles. The summed E-state index contributed by atoms with van der Waals surface area (Å²) in [5, 5.41) is 0. The van der Waals surface area contributed by atoms with Crippen molar-refractivity contribution in [3.63, 3.8) is 0 Å². The molecule has 0 aliphatic rings. The smallest absolute Gasteiger partial charge is 0.232 e. The minimum absolute atomic E-state index is 0.0872. The summed E-state index contributed by atoms with van der Waals surface area (Å²) in [4.78, 5) is 0. The minimum Gasteiger partial charge on any atom is -0.232 e. The monoisotopic (exact) mass is 375 g/mol. The maximum Gasteiger partial charge on any atom is 0.294 e. The molecule has 0 spiro atoms. The van der Waals surface area contributed by atoms with Crippen molar-refractivity contribution in [2.75, 3.05) is 0 Å². The molecular formula is C26H35N2+. The van der Waals surface area contributed by atoms with Crippen LogP contribution in [0.2, 0.25) is 0 Å². The van der Waals surface area contributed by atoms with Crippen molar-refractivity contribution in [2.45, 2.75) is 65.7 Å². The van der Waals surface area contributed by atoms with E-state index in [1.54, 1.807) is 0 Å². The van der Waals surface area contributed by atoms with Gasteiger partial charge in [0, 0.05) is 0 Å². The van der Waals surface area contributed by atoms with Crippen LogP contribution in [0.4, 0.5) is 0 Å². The van der Waals surface area contributed by atoms with E-state index in [2.05, 4.69) is 106 Å². The van der Waals surface area contributed by atoms with Crippen LogP contribution < -0.4 is 4.57 Å². The lowest BCUT2D eigenvalue weighted by Gasteiger charge is -2.23. The number of rotatable bonds is 6. The van der Waals surface area contributed by atoms with Crippen molar-refractivity contribution in [2.24, 2.45) is 7.05 Å². The zero-order valence-corrected chi connectivity index (χ0v) is 18.4. The van der Waals surface area contributed by atoms with Crippen LogP contribution in [0.1, 0.15) is 63.6 Å². The number of para-hydroxylation sites is 1. The van der Waals surface area contributed by atoms with Crippen molar-refractivity contribution < 1.29 is 4.57 Å². The van der Waals surface area contributed by atoms with Gasteiger partial charge in [0.25, 0.3) is 5.82 Å². The van der Waals surface area contributed by atoms with Crippen LogP contribution in [0.3, 0.4) is 0 Å². The summed E-state index contributed by atoms with van der Waals surface area (Å²) in [6.45, 7) is 11.4. The predicted molar refractivity (Wildman–Crippen MR) is 119 cm³/mol. The Kier molecular flexibility index (Phi) is 6.07. The molecule has 0 saturated heterocycles. The van der Waals surface area contributed by atoms with Crippen LogP contribution in [0.15, 0.2) is 54.9 Å². The average Bonchev–Trinajstić information content (AvgIpc) is 3.03. The summed E-state index contributed by atoms with van der Waals surface area (Å²) in [6.07, 6.45) is 9.35. The fourth-order valence-electron chi connectivity index (χ4n) is 3.97. The standard InChI is InChI=1S/C26H35N2/c1-7-8-9-13-21-15-16-22(23(19-21)26(3,4)5)25-27(6)17-18-28(25)24-14-11-10-12-20(24)2/h10-12,14-19H,7-9,13H2,1-6H3/q+1. The van der Waals surface area contributed by atoms with Crippen LogP contribution in [-0.2, 0) is 18.9 Å². The molecule has 0 N–H and O–H groups in total. The normalized spacial score (nSPS) is 11.8. The molecule has 28 heavy (non-hydrogen) atoms. The number of benzene rings is 2. The van der Waals surface area contributed by atoms with E-state index in [4.69, 9.17) is 0 Å². The SMILES string of the molecule is CCCCCc1ccc(-c2n(-c3ccccc3C)cc[n+]2C)c(C(C)(C)C)c1. The molecule has 0 radical (unpaired) electrons. The summed E-state index contributed by atoms with van der Waals surface area (Å²) in [5.74, 6) is 1.24. The zero-order valence-electron chi connectivity index (χ0n) is 18.4. The molecule has 0 fully saturated rings. The number of unbranched alkanes of at least 4 members (excludes halogenated alkanes) is 2. The van der Waals surface area contributed by atoms with Crippen LogP contribution in [-0.4, -0.2) is 4.57 Å². The molecule has 0 bridgehead atoms. The van der Waals surface area contributed by atoms with E-state index in [0.29, 0.717) is 0 Å². The molecule has 2 nitrogen and oxygen atoms in total. The molecular weight excluding hydrogens is 340 g/mol. The second-order valence-electron chi connectivity index (χ2n) is 8.98. The van der Waals surface area contributed by atoms with Gasteiger partial charge in [-0.1, -0.05) is 70.9 Å². The highest BCUT2D eigenvalue weighted by molar-refractivity contribution is 5.64. The molecule has 1 heterocycles. The number of nitrogens with zero attached hydrogens (tertiary/aromatic N) is 2. The zero-order chi connectivity index (χ0) is 20.3. The summed E-state index contributed by atoms with van der Waals surface area (Å²) in [6, 6.07) is 15.7. The third-order valence-corrected chi connectivity index (χ3v) is 5.58. The van der Waals surface area contributed by atoms with Gasteiger partial charge in [0.1, 0.15) is 18.1 Å². The Morgan fingerprint density at radius 3 is 2.43 bits per heavy atom. The molecule has 0 aliphatic heterocycles. The van der Waals surface area contributed by atoms with Crippen molar-refractivity contribution in [1.82, 2.24) is 4.57 Å². The summed E-state index contributed by atoms with van der Waals surface area (Å²) < 4.78 is 4.57. The van der Waals surface area contributed by atoms with Crippen molar-refractivity contribution in [1.29, 1.82) is 0 Å². The van der Waals surface area contributed by atoms with Crippen LogP contribution in [0.5, 0.6) is 0 Å². The quantitative estimate of drug-likeness (QED) is 0.353. The first-order chi connectivity index (χ1) is 13.3. The maximum absolute atomic E-state index is 2.44. The number of aryl methyl sites for hydroxylation is 3. The summed E-state index contributed by atoms with van der Waals surface area (Å²) in [5.41, 5.74) is 6.81. The second kappa shape index (κ2) is 8.34. The molecule has 2 aromatic carbocycles. The fourth-order valence-corrected chi connectivity index (χ4v) is 3.97. The Balaban J connectivity index is 2.14. The van der Waals surface area contributed by atoms with Gasteiger partial charge in [0.15, 0.2) is 0 Å². The molecule has 148 valence electrons. The van der Waals surface area contributed by atoms with E-state index in [1.807, 2.05) is 0 Å². The van der Waals surface area contributed by atoms with Gasteiger partial charge in [-0.15, -0.1) is 0 Å². The van der Waals surface area contributed by atoms with Gasteiger partial charge in [-0.25, -0.2) is 4.57 Å².